The van der Waals surface area contributed by atoms with Crippen molar-refractivity contribution in [2.75, 3.05) is 33.5 Å². The van der Waals surface area contributed by atoms with Gasteiger partial charge in [-0.2, -0.15) is 0 Å². The van der Waals surface area contributed by atoms with Crippen molar-refractivity contribution in [3.63, 3.8) is 0 Å². The number of carbonyl (C=O) groups is 1. The van der Waals surface area contributed by atoms with Crippen LogP contribution >= 0.6 is 0 Å². The van der Waals surface area contributed by atoms with Crippen LogP contribution in [0.25, 0.3) is 0 Å². The lowest BCUT2D eigenvalue weighted by Gasteiger charge is -2.12. The summed E-state index contributed by atoms with van der Waals surface area (Å²) in [6.07, 6.45) is 0. The first-order chi connectivity index (χ1) is 8.95. The van der Waals surface area contributed by atoms with Crippen LogP contribution in [0.4, 0.5) is 0 Å². The highest BCUT2D eigenvalue weighted by Crippen LogP contribution is 2.17. The van der Waals surface area contributed by atoms with Crippen LogP contribution in [0.2, 0.25) is 0 Å². The van der Waals surface area contributed by atoms with Gasteiger partial charge in [-0.1, -0.05) is 20.8 Å². The smallest absolute Gasteiger partial charge is 0.291 e. The van der Waals surface area contributed by atoms with Gasteiger partial charge in [0.25, 0.3) is 5.91 Å². The van der Waals surface area contributed by atoms with Crippen molar-refractivity contribution in [2.45, 2.75) is 26.2 Å². The van der Waals surface area contributed by atoms with E-state index in [1.165, 1.54) is 0 Å². The second-order valence-electron chi connectivity index (χ2n) is 5.12. The van der Waals surface area contributed by atoms with Gasteiger partial charge in [0.1, 0.15) is 5.82 Å². The molecule has 0 radical (unpaired) electrons. The maximum atomic E-state index is 11.7. The largest absolute Gasteiger partial charge is 0.382 e. The van der Waals surface area contributed by atoms with E-state index in [0.717, 1.165) is 0 Å². The quantitative estimate of drug-likeness (QED) is 0.704. The van der Waals surface area contributed by atoms with Crippen LogP contribution < -0.4 is 5.32 Å². The van der Waals surface area contributed by atoms with E-state index in [1.807, 2.05) is 20.8 Å². The van der Waals surface area contributed by atoms with Crippen LogP contribution in [0.5, 0.6) is 0 Å². The maximum absolute atomic E-state index is 11.7. The van der Waals surface area contributed by atoms with Gasteiger partial charge in [0.05, 0.1) is 19.8 Å². The highest BCUT2D eigenvalue weighted by molar-refractivity contribution is 5.90. The van der Waals surface area contributed by atoms with E-state index < -0.39 is 0 Å². The van der Waals surface area contributed by atoms with Crippen molar-refractivity contribution in [2.24, 2.45) is 0 Å². The Kier molecular flexibility index (Phi) is 5.91. The van der Waals surface area contributed by atoms with Crippen molar-refractivity contribution in [3.8, 4) is 0 Å². The molecule has 7 nitrogen and oxygen atoms in total. The molecular weight excluding hydrogens is 248 g/mol. The highest BCUT2D eigenvalue weighted by Gasteiger charge is 2.20. The summed E-state index contributed by atoms with van der Waals surface area (Å²) in [6, 6.07) is 0. The van der Waals surface area contributed by atoms with Gasteiger partial charge in [0, 0.05) is 19.1 Å². The van der Waals surface area contributed by atoms with Gasteiger partial charge in [-0.25, -0.2) is 4.98 Å². The van der Waals surface area contributed by atoms with Crippen molar-refractivity contribution >= 4 is 5.91 Å². The standard InChI is InChI=1S/C12H22N4O3/c1-12(2,3)11-14-9(15-16-11)10(17)13-5-6-19-8-7-18-4/h5-8H2,1-4H3,(H,13,17)(H,14,15,16). The Morgan fingerprint density at radius 3 is 2.63 bits per heavy atom. The molecule has 0 saturated heterocycles. The normalized spacial score (nSPS) is 11.6. The fraction of sp³-hybridized carbons (Fsp3) is 0.750. The van der Waals surface area contributed by atoms with E-state index >= 15 is 0 Å². The first-order valence-corrected chi connectivity index (χ1v) is 6.23. The number of hydrogen-bond donors (Lipinski definition) is 2. The molecule has 108 valence electrons. The summed E-state index contributed by atoms with van der Waals surface area (Å²) in [7, 11) is 1.61. The molecule has 19 heavy (non-hydrogen) atoms. The van der Waals surface area contributed by atoms with Crippen molar-refractivity contribution in [3.05, 3.63) is 11.6 Å². The average Bonchev–Trinajstić information content (AvgIpc) is 2.82. The molecule has 0 aliphatic heterocycles. The highest BCUT2D eigenvalue weighted by atomic mass is 16.5. The van der Waals surface area contributed by atoms with Gasteiger partial charge in [0.2, 0.25) is 5.82 Å². The number of H-pyrrole nitrogens is 1. The molecule has 0 aliphatic rings. The summed E-state index contributed by atoms with van der Waals surface area (Å²) in [5.74, 6) is 0.540. The molecule has 0 atom stereocenters. The van der Waals surface area contributed by atoms with E-state index in [0.29, 0.717) is 32.2 Å². The van der Waals surface area contributed by atoms with Gasteiger partial charge in [-0.05, 0) is 0 Å². The minimum absolute atomic E-state index is 0.154. The van der Waals surface area contributed by atoms with Crippen LogP contribution in [-0.2, 0) is 14.9 Å². The number of rotatable bonds is 7. The fourth-order valence-electron chi connectivity index (χ4n) is 1.26. The predicted molar refractivity (Wildman–Crippen MR) is 70.1 cm³/mol. The summed E-state index contributed by atoms with van der Waals surface area (Å²) >= 11 is 0. The molecule has 0 bridgehead atoms. The molecule has 0 fully saturated rings. The van der Waals surface area contributed by atoms with E-state index in [-0.39, 0.29) is 17.1 Å². The second kappa shape index (κ2) is 7.20. The number of amides is 1. The molecule has 0 aromatic carbocycles. The zero-order chi connectivity index (χ0) is 14.3. The molecule has 0 spiro atoms. The van der Waals surface area contributed by atoms with Crippen LogP contribution in [-0.4, -0.2) is 54.6 Å². The van der Waals surface area contributed by atoms with Crippen molar-refractivity contribution in [1.29, 1.82) is 0 Å². The molecule has 1 rings (SSSR count). The SMILES string of the molecule is COCCOCCNC(=O)c1n[nH]c(C(C)(C)C)n1. The van der Waals surface area contributed by atoms with Crippen LogP contribution in [0.15, 0.2) is 0 Å². The molecule has 0 unspecified atom stereocenters. The lowest BCUT2D eigenvalue weighted by Crippen LogP contribution is -2.28. The number of aromatic nitrogens is 3. The Balaban J connectivity index is 2.32. The summed E-state index contributed by atoms with van der Waals surface area (Å²) in [5.41, 5.74) is -0.158. The maximum Gasteiger partial charge on any atom is 0.291 e. The average molecular weight is 270 g/mol. The molecule has 1 aromatic rings. The first kappa shape index (κ1) is 15.6. The first-order valence-electron chi connectivity index (χ1n) is 6.23. The minimum Gasteiger partial charge on any atom is -0.382 e. The topological polar surface area (TPSA) is 89.1 Å². The number of nitrogens with one attached hydrogen (secondary N) is 2. The fourth-order valence-corrected chi connectivity index (χ4v) is 1.26. The van der Waals surface area contributed by atoms with Gasteiger partial charge in [-0.3, -0.25) is 9.89 Å². The van der Waals surface area contributed by atoms with Crippen molar-refractivity contribution < 1.29 is 14.3 Å². The Labute approximate surface area is 113 Å². The number of nitrogens with zero attached hydrogens (tertiary/aromatic N) is 2. The number of carbonyl (C=O) groups excluding carboxylic acids is 1. The predicted octanol–water partition coefficient (Wildman–Crippen LogP) is 0.495. The van der Waals surface area contributed by atoms with Crippen LogP contribution in [0.1, 0.15) is 37.2 Å². The third-order valence-electron chi connectivity index (χ3n) is 2.36. The monoisotopic (exact) mass is 270 g/mol. The minimum atomic E-state index is -0.304. The van der Waals surface area contributed by atoms with Crippen LogP contribution in [0, 0.1) is 0 Å². The van der Waals surface area contributed by atoms with E-state index in [1.54, 1.807) is 7.11 Å². The zero-order valence-corrected chi connectivity index (χ0v) is 11.9. The van der Waals surface area contributed by atoms with Crippen LogP contribution in [0.3, 0.4) is 0 Å². The second-order valence-corrected chi connectivity index (χ2v) is 5.12. The van der Waals surface area contributed by atoms with Gasteiger partial charge in [-0.15, -0.1) is 5.10 Å². The molecule has 1 heterocycles. The van der Waals surface area contributed by atoms with E-state index in [9.17, 15) is 4.79 Å². The molecule has 0 aliphatic carbocycles. The zero-order valence-electron chi connectivity index (χ0n) is 11.9. The summed E-state index contributed by atoms with van der Waals surface area (Å²) < 4.78 is 10.1. The molecule has 0 saturated carbocycles. The number of aromatic amines is 1. The Morgan fingerprint density at radius 1 is 1.32 bits per heavy atom. The van der Waals surface area contributed by atoms with E-state index in [2.05, 4.69) is 20.5 Å². The number of ether oxygens (including phenoxy) is 2. The third kappa shape index (κ3) is 5.35. The lowest BCUT2D eigenvalue weighted by molar-refractivity contribution is 0.0691. The Morgan fingerprint density at radius 2 is 2.05 bits per heavy atom. The summed E-state index contributed by atoms with van der Waals surface area (Å²) in [4.78, 5) is 15.9. The molecule has 1 aromatic heterocycles. The van der Waals surface area contributed by atoms with Crippen molar-refractivity contribution in [1.82, 2.24) is 20.5 Å². The van der Waals surface area contributed by atoms with E-state index in [4.69, 9.17) is 9.47 Å². The molecule has 7 heteroatoms. The van der Waals surface area contributed by atoms with Gasteiger partial charge < -0.3 is 14.8 Å². The summed E-state index contributed by atoms with van der Waals surface area (Å²) in [5, 5.41) is 9.37. The number of hydrogen-bond acceptors (Lipinski definition) is 5. The van der Waals surface area contributed by atoms with Gasteiger partial charge in [0.15, 0.2) is 0 Å². The molecule has 1 amide bonds. The third-order valence-corrected chi connectivity index (χ3v) is 2.36. The Bertz CT molecular complexity index is 398. The Hall–Kier alpha value is -1.47. The number of methoxy groups -OCH3 is 1. The summed E-state index contributed by atoms with van der Waals surface area (Å²) in [6.45, 7) is 7.91. The molecule has 2 N–H and O–H groups in total. The molecular formula is C12H22N4O3. The lowest BCUT2D eigenvalue weighted by atomic mass is 9.96. The van der Waals surface area contributed by atoms with Gasteiger partial charge >= 0.3 is 0 Å².